The number of nitrogens with two attached hydrogens (primary N) is 1. The Kier molecular flexibility index (Phi) is 4.71. The first-order valence-electron chi connectivity index (χ1n) is 6.33. The van der Waals surface area contributed by atoms with Crippen LogP contribution in [0.1, 0.15) is 21.6 Å². The Morgan fingerprint density at radius 3 is 2.73 bits per heavy atom. The van der Waals surface area contributed by atoms with Gasteiger partial charge in [-0.15, -0.1) is 0 Å². The summed E-state index contributed by atoms with van der Waals surface area (Å²) < 4.78 is 22.2. The minimum absolute atomic E-state index is 0.166. The van der Waals surface area contributed by atoms with Crippen LogP contribution in [0.3, 0.4) is 0 Å². The van der Waals surface area contributed by atoms with Crippen LogP contribution >= 0.6 is 11.5 Å². The second-order valence-corrected chi connectivity index (χ2v) is 5.40. The first kappa shape index (κ1) is 15.9. The molecule has 2 rings (SSSR count). The van der Waals surface area contributed by atoms with E-state index < -0.39 is 24.3 Å². The fraction of sp³-hybridized carbons (Fsp3) is 0.214. The van der Waals surface area contributed by atoms with Gasteiger partial charge in [-0.25, -0.2) is 9.18 Å². The van der Waals surface area contributed by atoms with Crippen molar-refractivity contribution in [3.63, 3.8) is 0 Å². The Hall–Kier alpha value is -2.48. The van der Waals surface area contributed by atoms with Crippen LogP contribution in [0.15, 0.2) is 18.2 Å². The molecular weight excluding hydrogens is 309 g/mol. The number of rotatable bonds is 4. The summed E-state index contributed by atoms with van der Waals surface area (Å²) in [5, 5.41) is 2.68. The molecule has 0 aliphatic rings. The average molecular weight is 323 g/mol. The molecular formula is C14H14FN3O3S. The van der Waals surface area contributed by atoms with E-state index in [0.29, 0.717) is 11.3 Å². The number of nitrogens with one attached hydrogen (secondary N) is 1. The number of benzene rings is 1. The number of carbonyl (C=O) groups is 2. The number of amides is 1. The molecule has 0 radical (unpaired) electrons. The quantitative estimate of drug-likeness (QED) is 0.842. The third-order valence-corrected chi connectivity index (χ3v) is 3.65. The van der Waals surface area contributed by atoms with E-state index in [1.807, 2.05) is 0 Å². The standard InChI is InChI=1S/C14H14FN3O3S/c1-7-3-4-9(5-10(7)15)17-11(19)6-21-14(20)12-8(2)18-22-13(12)16/h3-5H,6,16H2,1-2H3,(H,17,19). The topological polar surface area (TPSA) is 94.3 Å². The molecule has 1 amide bonds. The van der Waals surface area contributed by atoms with Crippen molar-refractivity contribution in [1.29, 1.82) is 0 Å². The molecule has 0 spiro atoms. The molecule has 8 heteroatoms. The van der Waals surface area contributed by atoms with Crippen LogP contribution in [0.2, 0.25) is 0 Å². The molecule has 1 heterocycles. The molecule has 1 aromatic heterocycles. The van der Waals surface area contributed by atoms with Gasteiger partial charge in [-0.1, -0.05) is 6.07 Å². The van der Waals surface area contributed by atoms with Crippen LogP contribution in [-0.4, -0.2) is 22.9 Å². The van der Waals surface area contributed by atoms with Crippen molar-refractivity contribution in [2.45, 2.75) is 13.8 Å². The molecule has 6 nitrogen and oxygen atoms in total. The Bertz CT molecular complexity index is 711. The smallest absolute Gasteiger partial charge is 0.343 e. The third kappa shape index (κ3) is 3.59. The summed E-state index contributed by atoms with van der Waals surface area (Å²) in [7, 11) is 0. The highest BCUT2D eigenvalue weighted by Crippen LogP contribution is 2.21. The van der Waals surface area contributed by atoms with Crippen LogP contribution in [0.25, 0.3) is 0 Å². The predicted molar refractivity (Wildman–Crippen MR) is 81.3 cm³/mol. The maximum atomic E-state index is 13.4. The fourth-order valence-electron chi connectivity index (χ4n) is 1.71. The summed E-state index contributed by atoms with van der Waals surface area (Å²) in [4.78, 5) is 23.5. The van der Waals surface area contributed by atoms with Crippen molar-refractivity contribution in [2.75, 3.05) is 17.7 Å². The lowest BCUT2D eigenvalue weighted by Crippen LogP contribution is -2.21. The van der Waals surface area contributed by atoms with Crippen LogP contribution < -0.4 is 11.1 Å². The van der Waals surface area contributed by atoms with Crippen LogP contribution in [0.5, 0.6) is 0 Å². The zero-order valence-electron chi connectivity index (χ0n) is 12.0. The van der Waals surface area contributed by atoms with Gasteiger partial charge in [0, 0.05) is 5.69 Å². The van der Waals surface area contributed by atoms with Crippen LogP contribution in [0.4, 0.5) is 15.1 Å². The monoisotopic (exact) mass is 323 g/mol. The lowest BCUT2D eigenvalue weighted by molar-refractivity contribution is -0.119. The van der Waals surface area contributed by atoms with Crippen molar-refractivity contribution < 1.29 is 18.7 Å². The molecule has 0 aliphatic heterocycles. The fourth-order valence-corrected chi connectivity index (χ4v) is 2.36. The maximum Gasteiger partial charge on any atom is 0.343 e. The van der Waals surface area contributed by atoms with Crippen molar-refractivity contribution in [3.05, 3.63) is 40.8 Å². The summed E-state index contributed by atoms with van der Waals surface area (Å²) in [5.41, 5.74) is 7.00. The van der Waals surface area contributed by atoms with E-state index in [2.05, 4.69) is 9.69 Å². The number of anilines is 2. The van der Waals surface area contributed by atoms with E-state index in [9.17, 15) is 14.0 Å². The highest BCUT2D eigenvalue weighted by atomic mass is 32.1. The number of hydrogen-bond donors (Lipinski definition) is 2. The van der Waals surface area contributed by atoms with Crippen molar-refractivity contribution >= 4 is 34.1 Å². The molecule has 0 saturated heterocycles. The van der Waals surface area contributed by atoms with E-state index in [0.717, 1.165) is 11.5 Å². The van der Waals surface area contributed by atoms with Gasteiger partial charge in [0.2, 0.25) is 0 Å². The third-order valence-electron chi connectivity index (χ3n) is 2.88. The number of halogens is 1. The van der Waals surface area contributed by atoms with Gasteiger partial charge in [-0.2, -0.15) is 4.37 Å². The Labute approximate surface area is 130 Å². The predicted octanol–water partition coefficient (Wildman–Crippen LogP) is 2.28. The number of esters is 1. The second kappa shape index (κ2) is 6.52. The van der Waals surface area contributed by atoms with E-state index in [-0.39, 0.29) is 16.3 Å². The Balaban J connectivity index is 1.93. The maximum absolute atomic E-state index is 13.4. The molecule has 1 aromatic carbocycles. The molecule has 116 valence electrons. The average Bonchev–Trinajstić information content (AvgIpc) is 2.80. The van der Waals surface area contributed by atoms with Gasteiger partial charge >= 0.3 is 5.97 Å². The van der Waals surface area contributed by atoms with E-state index in [1.165, 1.54) is 12.1 Å². The first-order chi connectivity index (χ1) is 10.4. The van der Waals surface area contributed by atoms with Crippen LogP contribution in [-0.2, 0) is 9.53 Å². The number of aryl methyl sites for hydroxylation is 2. The molecule has 0 fully saturated rings. The lowest BCUT2D eigenvalue weighted by atomic mass is 10.2. The highest BCUT2D eigenvalue weighted by molar-refractivity contribution is 7.10. The zero-order valence-corrected chi connectivity index (χ0v) is 12.8. The largest absolute Gasteiger partial charge is 0.452 e. The normalized spacial score (nSPS) is 10.3. The van der Waals surface area contributed by atoms with E-state index in [4.69, 9.17) is 10.5 Å². The van der Waals surface area contributed by atoms with Crippen molar-refractivity contribution in [3.8, 4) is 0 Å². The van der Waals surface area contributed by atoms with Crippen molar-refractivity contribution in [2.24, 2.45) is 0 Å². The molecule has 3 N–H and O–H groups in total. The Morgan fingerprint density at radius 1 is 1.41 bits per heavy atom. The van der Waals surface area contributed by atoms with Gasteiger partial charge < -0.3 is 15.8 Å². The number of carbonyl (C=O) groups excluding carboxylic acids is 2. The molecule has 0 aliphatic carbocycles. The second-order valence-electron chi connectivity index (χ2n) is 4.60. The summed E-state index contributed by atoms with van der Waals surface area (Å²) >= 11 is 0.984. The number of nitrogen functional groups attached to an aromatic ring is 1. The molecule has 2 aromatic rings. The van der Waals surface area contributed by atoms with E-state index in [1.54, 1.807) is 19.9 Å². The van der Waals surface area contributed by atoms with Gasteiger partial charge in [-0.05, 0) is 43.1 Å². The summed E-state index contributed by atoms with van der Waals surface area (Å²) in [6.07, 6.45) is 0. The minimum atomic E-state index is -0.714. The van der Waals surface area contributed by atoms with Crippen LogP contribution in [0, 0.1) is 19.7 Å². The lowest BCUT2D eigenvalue weighted by Gasteiger charge is -2.07. The van der Waals surface area contributed by atoms with Gasteiger partial charge in [0.05, 0.1) is 5.69 Å². The molecule has 0 saturated carbocycles. The van der Waals surface area contributed by atoms with Gasteiger partial charge in [0.15, 0.2) is 6.61 Å². The zero-order chi connectivity index (χ0) is 16.3. The highest BCUT2D eigenvalue weighted by Gasteiger charge is 2.19. The van der Waals surface area contributed by atoms with E-state index >= 15 is 0 Å². The summed E-state index contributed by atoms with van der Waals surface area (Å²) in [6.45, 7) is 2.74. The SMILES string of the molecule is Cc1ccc(NC(=O)COC(=O)c2c(C)nsc2N)cc1F. The van der Waals surface area contributed by atoms with Gasteiger partial charge in [0.1, 0.15) is 16.4 Å². The van der Waals surface area contributed by atoms with Crippen molar-refractivity contribution in [1.82, 2.24) is 4.37 Å². The first-order valence-corrected chi connectivity index (χ1v) is 7.10. The molecule has 22 heavy (non-hydrogen) atoms. The number of hydrogen-bond acceptors (Lipinski definition) is 6. The number of nitrogens with zero attached hydrogens (tertiary/aromatic N) is 1. The summed E-state index contributed by atoms with van der Waals surface area (Å²) in [6, 6.07) is 4.29. The molecule has 0 unspecified atom stereocenters. The number of aromatic nitrogens is 1. The minimum Gasteiger partial charge on any atom is -0.452 e. The van der Waals surface area contributed by atoms with Gasteiger partial charge in [-0.3, -0.25) is 4.79 Å². The molecule has 0 bridgehead atoms. The summed E-state index contributed by atoms with van der Waals surface area (Å²) in [5.74, 6) is -1.72. The van der Waals surface area contributed by atoms with Gasteiger partial charge in [0.25, 0.3) is 5.91 Å². The molecule has 0 atom stereocenters. The number of ether oxygens (including phenoxy) is 1. The Morgan fingerprint density at radius 2 is 2.14 bits per heavy atom.